The highest BCUT2D eigenvalue weighted by Crippen LogP contribution is 2.28. The van der Waals surface area contributed by atoms with Crippen LogP contribution in [0.1, 0.15) is 12.8 Å². The zero-order valence-electron chi connectivity index (χ0n) is 10.9. The first-order valence-corrected chi connectivity index (χ1v) is 6.95. The standard InChI is InChI=1S/C14H18N4O/c15-10-3-4-12-13(8-10)19-14(16-12)18-7-6-17-5-1-2-11(17)9-18/h3-4,8,11H,1-2,5-7,9,15H2. The molecule has 0 radical (unpaired) electrons. The smallest absolute Gasteiger partial charge is 0.298 e. The van der Waals surface area contributed by atoms with Gasteiger partial charge in [-0.05, 0) is 31.5 Å². The van der Waals surface area contributed by atoms with Crippen molar-refractivity contribution in [2.75, 3.05) is 36.8 Å². The van der Waals surface area contributed by atoms with Crippen LogP contribution in [0.4, 0.5) is 11.7 Å². The van der Waals surface area contributed by atoms with Gasteiger partial charge in [-0.1, -0.05) is 0 Å². The van der Waals surface area contributed by atoms with Crippen molar-refractivity contribution in [3.8, 4) is 0 Å². The predicted octanol–water partition coefficient (Wildman–Crippen LogP) is 1.69. The summed E-state index contributed by atoms with van der Waals surface area (Å²) in [5, 5.41) is 0. The van der Waals surface area contributed by atoms with E-state index in [1.165, 1.54) is 19.4 Å². The van der Waals surface area contributed by atoms with Gasteiger partial charge in [0.2, 0.25) is 0 Å². The Hall–Kier alpha value is -1.75. The molecule has 100 valence electrons. The Morgan fingerprint density at radius 2 is 2.21 bits per heavy atom. The van der Waals surface area contributed by atoms with Gasteiger partial charge in [-0.15, -0.1) is 0 Å². The molecule has 2 N–H and O–H groups in total. The molecule has 2 aromatic rings. The van der Waals surface area contributed by atoms with Crippen molar-refractivity contribution in [1.82, 2.24) is 9.88 Å². The molecule has 2 saturated heterocycles. The molecule has 0 spiro atoms. The Labute approximate surface area is 112 Å². The Balaban J connectivity index is 1.63. The van der Waals surface area contributed by atoms with Crippen molar-refractivity contribution in [2.45, 2.75) is 18.9 Å². The molecule has 1 atom stereocenters. The molecule has 0 bridgehead atoms. The summed E-state index contributed by atoms with van der Waals surface area (Å²) in [6.45, 7) is 4.40. The van der Waals surface area contributed by atoms with E-state index in [-0.39, 0.29) is 0 Å². The van der Waals surface area contributed by atoms with Crippen molar-refractivity contribution in [2.24, 2.45) is 0 Å². The molecule has 2 aliphatic rings. The highest BCUT2D eigenvalue weighted by Gasteiger charge is 2.32. The monoisotopic (exact) mass is 258 g/mol. The number of piperazine rings is 1. The fraction of sp³-hybridized carbons (Fsp3) is 0.500. The molecular weight excluding hydrogens is 240 g/mol. The SMILES string of the molecule is Nc1ccc2nc(N3CCN4CCCC4C3)oc2c1. The normalized spacial score (nSPS) is 24.0. The molecule has 0 amide bonds. The Morgan fingerprint density at radius 3 is 3.16 bits per heavy atom. The Kier molecular flexibility index (Phi) is 2.41. The summed E-state index contributed by atoms with van der Waals surface area (Å²) in [5.41, 5.74) is 8.16. The quantitative estimate of drug-likeness (QED) is 0.789. The summed E-state index contributed by atoms with van der Waals surface area (Å²) in [7, 11) is 0. The third kappa shape index (κ3) is 1.85. The largest absolute Gasteiger partial charge is 0.423 e. The third-order valence-corrected chi connectivity index (χ3v) is 4.26. The molecule has 5 nitrogen and oxygen atoms in total. The van der Waals surface area contributed by atoms with Gasteiger partial charge in [0.05, 0.1) is 0 Å². The highest BCUT2D eigenvalue weighted by molar-refractivity contribution is 5.78. The number of hydrogen-bond acceptors (Lipinski definition) is 5. The van der Waals surface area contributed by atoms with E-state index in [1.807, 2.05) is 18.2 Å². The van der Waals surface area contributed by atoms with Crippen LogP contribution in [0.3, 0.4) is 0 Å². The third-order valence-electron chi connectivity index (χ3n) is 4.26. The summed E-state index contributed by atoms with van der Waals surface area (Å²) in [5.74, 6) is 0. The zero-order valence-corrected chi connectivity index (χ0v) is 10.9. The van der Waals surface area contributed by atoms with Crippen LogP contribution >= 0.6 is 0 Å². The molecular formula is C14H18N4O. The molecule has 1 unspecified atom stereocenters. The minimum absolute atomic E-state index is 0.675. The topological polar surface area (TPSA) is 58.5 Å². The molecule has 4 rings (SSSR count). The number of oxazole rings is 1. The van der Waals surface area contributed by atoms with E-state index >= 15 is 0 Å². The van der Waals surface area contributed by atoms with Crippen molar-refractivity contribution in [1.29, 1.82) is 0 Å². The molecule has 5 heteroatoms. The van der Waals surface area contributed by atoms with Crippen LogP contribution in [0, 0.1) is 0 Å². The first-order chi connectivity index (χ1) is 9.29. The Bertz CT molecular complexity index is 609. The number of nitrogens with zero attached hydrogens (tertiary/aromatic N) is 3. The zero-order chi connectivity index (χ0) is 12.8. The van der Waals surface area contributed by atoms with Crippen LogP contribution in [-0.2, 0) is 0 Å². The molecule has 0 aliphatic carbocycles. The molecule has 1 aromatic heterocycles. The second-order valence-electron chi connectivity index (χ2n) is 5.50. The van der Waals surface area contributed by atoms with Gasteiger partial charge in [0, 0.05) is 37.4 Å². The molecule has 19 heavy (non-hydrogen) atoms. The molecule has 3 heterocycles. The van der Waals surface area contributed by atoms with Crippen LogP contribution in [0.5, 0.6) is 0 Å². The van der Waals surface area contributed by atoms with E-state index in [4.69, 9.17) is 10.2 Å². The van der Waals surface area contributed by atoms with Gasteiger partial charge < -0.3 is 15.1 Å². The lowest BCUT2D eigenvalue weighted by molar-refractivity contribution is 0.226. The number of hydrogen-bond donors (Lipinski definition) is 1. The van der Waals surface area contributed by atoms with E-state index in [0.29, 0.717) is 6.04 Å². The lowest BCUT2D eigenvalue weighted by Gasteiger charge is -2.36. The summed E-state index contributed by atoms with van der Waals surface area (Å²) in [4.78, 5) is 9.42. The van der Waals surface area contributed by atoms with Gasteiger partial charge in [0.25, 0.3) is 6.01 Å². The minimum atomic E-state index is 0.675. The minimum Gasteiger partial charge on any atom is -0.423 e. The second-order valence-corrected chi connectivity index (χ2v) is 5.50. The maximum absolute atomic E-state index is 5.85. The summed E-state index contributed by atoms with van der Waals surface area (Å²) < 4.78 is 5.85. The van der Waals surface area contributed by atoms with Gasteiger partial charge in [0.15, 0.2) is 5.58 Å². The number of nitrogens with two attached hydrogens (primary N) is 1. The van der Waals surface area contributed by atoms with Crippen LogP contribution in [0.2, 0.25) is 0 Å². The van der Waals surface area contributed by atoms with Crippen molar-refractivity contribution in [3.05, 3.63) is 18.2 Å². The number of fused-ring (bicyclic) bond motifs is 2. The van der Waals surface area contributed by atoms with Crippen molar-refractivity contribution in [3.63, 3.8) is 0 Å². The van der Waals surface area contributed by atoms with E-state index < -0.39 is 0 Å². The lowest BCUT2D eigenvalue weighted by atomic mass is 10.2. The van der Waals surface area contributed by atoms with Gasteiger partial charge in [-0.25, -0.2) is 0 Å². The van der Waals surface area contributed by atoms with Crippen molar-refractivity contribution >= 4 is 22.8 Å². The van der Waals surface area contributed by atoms with Crippen molar-refractivity contribution < 1.29 is 4.42 Å². The highest BCUT2D eigenvalue weighted by atomic mass is 16.4. The fourth-order valence-electron chi connectivity index (χ4n) is 3.23. The fourth-order valence-corrected chi connectivity index (χ4v) is 3.23. The van der Waals surface area contributed by atoms with Gasteiger partial charge >= 0.3 is 0 Å². The lowest BCUT2D eigenvalue weighted by Crippen LogP contribution is -2.50. The van der Waals surface area contributed by atoms with Gasteiger partial charge in [-0.3, -0.25) is 4.90 Å². The Morgan fingerprint density at radius 1 is 1.26 bits per heavy atom. The summed E-state index contributed by atoms with van der Waals surface area (Å²) >= 11 is 0. The first-order valence-electron chi connectivity index (χ1n) is 6.95. The van der Waals surface area contributed by atoms with Crippen LogP contribution in [0.15, 0.2) is 22.6 Å². The summed E-state index contributed by atoms with van der Waals surface area (Å²) in [6.07, 6.45) is 2.62. The van der Waals surface area contributed by atoms with Gasteiger partial charge in [0.1, 0.15) is 5.52 Å². The first kappa shape index (κ1) is 11.1. The number of anilines is 2. The maximum Gasteiger partial charge on any atom is 0.298 e. The predicted molar refractivity (Wildman–Crippen MR) is 75.2 cm³/mol. The number of benzene rings is 1. The molecule has 2 fully saturated rings. The average Bonchev–Trinajstić information content (AvgIpc) is 3.02. The van der Waals surface area contributed by atoms with E-state index in [1.54, 1.807) is 0 Å². The number of nitrogen functional groups attached to an aromatic ring is 1. The summed E-state index contributed by atoms with van der Waals surface area (Å²) in [6, 6.07) is 7.05. The van der Waals surface area contributed by atoms with Gasteiger partial charge in [-0.2, -0.15) is 4.98 Å². The molecule has 1 aromatic carbocycles. The van der Waals surface area contributed by atoms with Crippen LogP contribution < -0.4 is 10.6 Å². The average molecular weight is 258 g/mol. The van der Waals surface area contributed by atoms with E-state index in [9.17, 15) is 0 Å². The van der Waals surface area contributed by atoms with Crippen LogP contribution in [0.25, 0.3) is 11.1 Å². The number of aromatic nitrogens is 1. The van der Waals surface area contributed by atoms with E-state index in [0.717, 1.165) is 42.4 Å². The molecule has 2 aliphatic heterocycles. The van der Waals surface area contributed by atoms with E-state index in [2.05, 4.69) is 14.8 Å². The maximum atomic E-state index is 5.85. The number of rotatable bonds is 1. The molecule has 0 saturated carbocycles. The second kappa shape index (κ2) is 4.13. The van der Waals surface area contributed by atoms with Crippen LogP contribution in [-0.4, -0.2) is 42.1 Å².